The van der Waals surface area contributed by atoms with Crippen molar-refractivity contribution in [1.29, 1.82) is 0 Å². The van der Waals surface area contributed by atoms with Gasteiger partial charge in [-0.1, -0.05) is 303 Å². The lowest BCUT2D eigenvalue weighted by atomic mass is 9.33. The molecule has 0 spiro atoms. The molecule has 428 valence electrons. The summed E-state index contributed by atoms with van der Waals surface area (Å²) in [5, 5.41) is 10.7. The fraction of sp³-hybridized carbons (Fsp3) is 0. The summed E-state index contributed by atoms with van der Waals surface area (Å²) in [6, 6.07) is 138. The minimum atomic E-state index is -3.01. The average molecular weight is 1210 g/mol. The minimum absolute atomic E-state index is 0.137. The summed E-state index contributed by atoms with van der Waals surface area (Å²) in [4.78, 5) is 10.2. The number of hydrogen-bond acceptors (Lipinski definition) is 4. The Hall–Kier alpha value is -10.7. The summed E-state index contributed by atoms with van der Waals surface area (Å²) in [6.45, 7) is -0.137. The number of anilines is 9. The molecule has 7 heteroatoms. The van der Waals surface area contributed by atoms with Crippen LogP contribution in [0.25, 0.3) is 11.1 Å². The van der Waals surface area contributed by atoms with E-state index in [1.54, 1.807) is 0 Å². The molecule has 14 aromatic rings. The SMILES string of the molecule is c1ccc(-c2ccc3c(c2)B2c4ccccc4N(c4cccc([Si](c5ccccc5)(c5ccccc5)c5ccccc5)c4)c4cc(N5c6ccccc6Sc6ccccc65)cc(c42)N3c2cccc([Si](c3ccccc3)(c3ccccc3)c3ccccc3)c2)cc1. The van der Waals surface area contributed by atoms with Gasteiger partial charge in [-0.2, -0.15) is 0 Å². The standard InChI is InChI=1S/C84H60BN3SSi2/c1-8-30-61(31-9-1)62-54-55-77-75(56-62)85-74-48-22-23-49-76(74)86(63-32-28-46-72(57-63)90(66-34-10-2-11-35-66,67-36-12-3-13-37-67)68-38-14-4-15-39-68)80-59-65(88-78-50-24-26-52-82(78)89-83-53-27-25-51-79(83)88)60-81(84(80)85)87(77)64-33-29-47-73(58-64)91(69-40-16-5-17-41-69,70-42-18-6-19-43-70)71-44-20-7-21-45-71/h1-60H. The Morgan fingerprint density at radius 2 is 0.560 bits per heavy atom. The third kappa shape index (κ3) is 8.86. The Morgan fingerprint density at radius 3 is 0.989 bits per heavy atom. The topological polar surface area (TPSA) is 9.72 Å². The molecule has 0 N–H and O–H groups in total. The van der Waals surface area contributed by atoms with Crippen LogP contribution in [-0.2, 0) is 0 Å². The van der Waals surface area contributed by atoms with E-state index in [-0.39, 0.29) is 6.71 Å². The van der Waals surface area contributed by atoms with E-state index >= 15 is 0 Å². The summed E-state index contributed by atoms with van der Waals surface area (Å²) in [7, 11) is -6.00. The molecule has 91 heavy (non-hydrogen) atoms. The largest absolute Gasteiger partial charge is 0.311 e. The van der Waals surface area contributed by atoms with Crippen LogP contribution in [0.4, 0.5) is 51.2 Å². The fourth-order valence-electron chi connectivity index (χ4n) is 15.3. The molecule has 0 radical (unpaired) electrons. The van der Waals surface area contributed by atoms with Gasteiger partial charge in [0.2, 0.25) is 0 Å². The van der Waals surface area contributed by atoms with E-state index < -0.39 is 16.1 Å². The van der Waals surface area contributed by atoms with E-state index in [0.29, 0.717) is 0 Å². The summed E-state index contributed by atoms with van der Waals surface area (Å²) in [5.41, 5.74) is 16.4. The Balaban J connectivity index is 0.981. The smallest absolute Gasteiger partial charge is 0.252 e. The molecular weight excluding hydrogens is 1150 g/mol. The molecule has 17 rings (SSSR count). The summed E-state index contributed by atoms with van der Waals surface area (Å²) < 4.78 is 0. The van der Waals surface area contributed by atoms with Crippen LogP contribution in [0.3, 0.4) is 0 Å². The lowest BCUT2D eigenvalue weighted by Crippen LogP contribution is -2.74. The van der Waals surface area contributed by atoms with Crippen molar-refractivity contribution in [3.63, 3.8) is 0 Å². The van der Waals surface area contributed by atoms with Crippen molar-refractivity contribution >= 4 is 144 Å². The van der Waals surface area contributed by atoms with Crippen LogP contribution in [0.2, 0.25) is 0 Å². The monoisotopic (exact) mass is 1210 g/mol. The van der Waals surface area contributed by atoms with E-state index in [1.807, 2.05) is 11.8 Å². The second kappa shape index (κ2) is 22.7. The van der Waals surface area contributed by atoms with E-state index in [2.05, 4.69) is 379 Å². The van der Waals surface area contributed by atoms with Gasteiger partial charge in [-0.25, -0.2) is 0 Å². The van der Waals surface area contributed by atoms with Crippen molar-refractivity contribution in [3.05, 3.63) is 364 Å². The second-order valence-corrected chi connectivity index (χ2v) is 32.6. The van der Waals surface area contributed by atoms with Gasteiger partial charge in [0.1, 0.15) is 0 Å². The van der Waals surface area contributed by atoms with Crippen LogP contribution in [0.5, 0.6) is 0 Å². The fourth-order valence-corrected chi connectivity index (χ4v) is 25.9. The Morgan fingerprint density at radius 1 is 0.220 bits per heavy atom. The van der Waals surface area contributed by atoms with Gasteiger partial charge in [-0.15, -0.1) is 0 Å². The van der Waals surface area contributed by atoms with E-state index in [4.69, 9.17) is 0 Å². The highest BCUT2D eigenvalue weighted by Crippen LogP contribution is 2.54. The van der Waals surface area contributed by atoms with Crippen molar-refractivity contribution in [2.75, 3.05) is 14.7 Å². The first-order chi connectivity index (χ1) is 45.2. The van der Waals surface area contributed by atoms with Crippen molar-refractivity contribution < 1.29 is 0 Å². The molecule has 0 aliphatic carbocycles. The molecule has 0 fully saturated rings. The van der Waals surface area contributed by atoms with E-state index in [9.17, 15) is 0 Å². The number of para-hydroxylation sites is 3. The van der Waals surface area contributed by atoms with Gasteiger partial charge in [0.25, 0.3) is 6.71 Å². The van der Waals surface area contributed by atoms with Crippen molar-refractivity contribution in [3.8, 4) is 11.1 Å². The first-order valence-corrected chi connectivity index (χ1v) is 36.2. The zero-order valence-corrected chi connectivity index (χ0v) is 52.8. The highest BCUT2D eigenvalue weighted by Gasteiger charge is 2.47. The average Bonchev–Trinajstić information content (AvgIpc) is 0.708. The summed E-state index contributed by atoms with van der Waals surface area (Å²) in [5.74, 6) is 0. The lowest BCUT2D eigenvalue weighted by molar-refractivity contribution is 1.16. The highest BCUT2D eigenvalue weighted by atomic mass is 32.2. The molecule has 0 saturated heterocycles. The molecule has 0 atom stereocenters. The summed E-state index contributed by atoms with van der Waals surface area (Å²) in [6.07, 6.45) is 0. The van der Waals surface area contributed by atoms with Gasteiger partial charge in [-0.3, -0.25) is 0 Å². The van der Waals surface area contributed by atoms with Crippen molar-refractivity contribution in [1.82, 2.24) is 0 Å². The molecule has 3 heterocycles. The van der Waals surface area contributed by atoms with E-state index in [1.165, 1.54) is 78.8 Å². The quantitative estimate of drug-likeness (QED) is 0.0890. The molecule has 3 aliphatic heterocycles. The van der Waals surface area contributed by atoms with Crippen molar-refractivity contribution in [2.24, 2.45) is 0 Å². The van der Waals surface area contributed by atoms with Crippen LogP contribution >= 0.6 is 11.8 Å². The minimum Gasteiger partial charge on any atom is -0.311 e. The number of hydrogen-bond donors (Lipinski definition) is 0. The Kier molecular flexibility index (Phi) is 13.6. The molecular formula is C84H60BN3SSi2. The molecule has 3 nitrogen and oxygen atoms in total. The maximum atomic E-state index is 2.63. The van der Waals surface area contributed by atoms with Crippen LogP contribution in [0, 0.1) is 0 Å². The molecule has 0 amide bonds. The maximum Gasteiger partial charge on any atom is 0.252 e. The maximum absolute atomic E-state index is 3.01. The van der Waals surface area contributed by atoms with Crippen LogP contribution in [0.15, 0.2) is 374 Å². The van der Waals surface area contributed by atoms with Gasteiger partial charge in [0.15, 0.2) is 16.1 Å². The van der Waals surface area contributed by atoms with Gasteiger partial charge in [0, 0.05) is 43.9 Å². The van der Waals surface area contributed by atoms with Gasteiger partial charge in [0.05, 0.1) is 17.1 Å². The zero-order chi connectivity index (χ0) is 60.3. The number of fused-ring (bicyclic) bond motifs is 6. The molecule has 0 unspecified atom stereocenters. The Bertz CT molecular complexity index is 4750. The Labute approximate surface area is 539 Å². The lowest BCUT2D eigenvalue weighted by Gasteiger charge is -2.45. The third-order valence-electron chi connectivity index (χ3n) is 19.1. The highest BCUT2D eigenvalue weighted by molar-refractivity contribution is 7.99. The number of rotatable bonds is 12. The molecule has 14 aromatic carbocycles. The first kappa shape index (κ1) is 54.5. The zero-order valence-electron chi connectivity index (χ0n) is 50.0. The number of nitrogens with zero attached hydrogens (tertiary/aromatic N) is 3. The van der Waals surface area contributed by atoms with Crippen LogP contribution < -0.4 is 72.6 Å². The molecule has 0 bridgehead atoms. The van der Waals surface area contributed by atoms with Gasteiger partial charge >= 0.3 is 0 Å². The van der Waals surface area contributed by atoms with Crippen LogP contribution in [-0.4, -0.2) is 22.9 Å². The predicted octanol–water partition coefficient (Wildman–Crippen LogP) is 14.1. The first-order valence-electron chi connectivity index (χ1n) is 31.4. The van der Waals surface area contributed by atoms with Crippen LogP contribution in [0.1, 0.15) is 0 Å². The van der Waals surface area contributed by atoms with Gasteiger partial charge in [-0.05, 0) is 142 Å². The normalized spacial score (nSPS) is 12.9. The predicted molar refractivity (Wildman–Crippen MR) is 392 cm³/mol. The molecule has 0 aromatic heterocycles. The summed E-state index contributed by atoms with van der Waals surface area (Å²) >= 11 is 1.85. The third-order valence-corrected chi connectivity index (χ3v) is 29.8. The van der Waals surface area contributed by atoms with Crippen molar-refractivity contribution in [2.45, 2.75) is 9.79 Å². The van der Waals surface area contributed by atoms with Gasteiger partial charge < -0.3 is 14.7 Å². The molecule has 3 aliphatic rings. The second-order valence-electron chi connectivity index (χ2n) is 23.9. The molecule has 0 saturated carbocycles. The van der Waals surface area contributed by atoms with E-state index in [0.717, 1.165) is 51.2 Å². The number of benzene rings is 14.